The van der Waals surface area contributed by atoms with Gasteiger partial charge in [0.1, 0.15) is 5.82 Å². The summed E-state index contributed by atoms with van der Waals surface area (Å²) >= 11 is 0. The molecule has 2 aliphatic heterocycles. The Kier molecular flexibility index (Phi) is 2.52. The van der Waals surface area contributed by atoms with Crippen LogP contribution in [0, 0.1) is 0 Å². The summed E-state index contributed by atoms with van der Waals surface area (Å²) in [6.45, 7) is 0.781. The van der Waals surface area contributed by atoms with Gasteiger partial charge in [-0.3, -0.25) is 0 Å². The molecule has 0 amide bonds. The maximum atomic E-state index is 11.4. The van der Waals surface area contributed by atoms with Crippen LogP contribution < -0.4 is 0 Å². The number of aryl methyl sites for hydroxylation is 1. The molecule has 1 saturated heterocycles. The standard InChI is InChI=1S/C11H16N2O3S/c14-9-1-3-13-6-10(12-11(13)5-9)8-2-4-17(15,16)7-8/h6,8-9,14H,1-5,7H2. The lowest BCUT2D eigenvalue weighted by Gasteiger charge is -2.18. The fourth-order valence-corrected chi connectivity index (χ4v) is 4.42. The summed E-state index contributed by atoms with van der Waals surface area (Å²) in [7, 11) is -2.85. The molecule has 6 heteroatoms. The highest BCUT2D eigenvalue weighted by Gasteiger charge is 2.31. The van der Waals surface area contributed by atoms with Gasteiger partial charge in [-0.25, -0.2) is 13.4 Å². The van der Waals surface area contributed by atoms with Gasteiger partial charge in [-0.1, -0.05) is 0 Å². The lowest BCUT2D eigenvalue weighted by atomic mass is 10.1. The van der Waals surface area contributed by atoms with E-state index in [1.807, 2.05) is 10.8 Å². The number of fused-ring (bicyclic) bond motifs is 1. The Bertz CT molecular complexity index is 535. The molecule has 1 fully saturated rings. The van der Waals surface area contributed by atoms with E-state index in [2.05, 4.69) is 4.98 Å². The summed E-state index contributed by atoms with van der Waals surface area (Å²) in [4.78, 5) is 4.49. The summed E-state index contributed by atoms with van der Waals surface area (Å²) < 4.78 is 24.9. The van der Waals surface area contributed by atoms with Gasteiger partial charge in [0.05, 0.1) is 23.3 Å². The van der Waals surface area contributed by atoms with E-state index in [1.54, 1.807) is 0 Å². The first-order valence-electron chi connectivity index (χ1n) is 5.98. The summed E-state index contributed by atoms with van der Waals surface area (Å²) in [5, 5.41) is 9.56. The van der Waals surface area contributed by atoms with E-state index >= 15 is 0 Å². The van der Waals surface area contributed by atoms with Gasteiger partial charge < -0.3 is 9.67 Å². The van der Waals surface area contributed by atoms with Crippen molar-refractivity contribution in [3.05, 3.63) is 17.7 Å². The van der Waals surface area contributed by atoms with Crippen LogP contribution in [0.3, 0.4) is 0 Å². The topological polar surface area (TPSA) is 72.2 Å². The molecule has 1 N–H and O–H groups in total. The molecule has 3 heterocycles. The van der Waals surface area contributed by atoms with Crippen LogP contribution in [0.15, 0.2) is 6.20 Å². The van der Waals surface area contributed by atoms with Crippen molar-refractivity contribution < 1.29 is 13.5 Å². The van der Waals surface area contributed by atoms with Crippen molar-refractivity contribution in [1.29, 1.82) is 0 Å². The van der Waals surface area contributed by atoms with Gasteiger partial charge >= 0.3 is 0 Å². The quantitative estimate of drug-likeness (QED) is 0.773. The molecule has 2 unspecified atom stereocenters. The second-order valence-corrected chi connectivity index (χ2v) is 7.25. The van der Waals surface area contributed by atoms with Crippen LogP contribution in [0.4, 0.5) is 0 Å². The van der Waals surface area contributed by atoms with Crippen molar-refractivity contribution in [3.63, 3.8) is 0 Å². The fourth-order valence-electron chi connectivity index (χ4n) is 2.66. The number of sulfone groups is 1. The molecule has 0 aliphatic carbocycles. The largest absolute Gasteiger partial charge is 0.393 e. The predicted molar refractivity (Wildman–Crippen MR) is 62.6 cm³/mol. The second kappa shape index (κ2) is 3.81. The van der Waals surface area contributed by atoms with E-state index < -0.39 is 9.84 Å². The first-order chi connectivity index (χ1) is 8.03. The van der Waals surface area contributed by atoms with Crippen LogP contribution >= 0.6 is 0 Å². The van der Waals surface area contributed by atoms with Crippen LogP contribution in [0.5, 0.6) is 0 Å². The molecule has 0 bridgehead atoms. The summed E-state index contributed by atoms with van der Waals surface area (Å²) in [5.41, 5.74) is 0.884. The minimum absolute atomic E-state index is 0.0512. The van der Waals surface area contributed by atoms with E-state index in [9.17, 15) is 13.5 Å². The van der Waals surface area contributed by atoms with Crippen LogP contribution in [0.25, 0.3) is 0 Å². The molecular weight excluding hydrogens is 240 g/mol. The van der Waals surface area contributed by atoms with E-state index in [-0.39, 0.29) is 23.5 Å². The zero-order valence-corrected chi connectivity index (χ0v) is 10.4. The molecule has 5 nitrogen and oxygen atoms in total. The zero-order chi connectivity index (χ0) is 12.0. The average molecular weight is 256 g/mol. The average Bonchev–Trinajstić information content (AvgIpc) is 2.80. The number of hydrogen-bond donors (Lipinski definition) is 1. The Labute approximate surface area is 100 Å². The summed E-state index contributed by atoms with van der Waals surface area (Å²) in [5.74, 6) is 1.45. The van der Waals surface area contributed by atoms with Gasteiger partial charge in [0, 0.05) is 25.1 Å². The molecule has 0 spiro atoms. The Morgan fingerprint density at radius 3 is 2.94 bits per heavy atom. The van der Waals surface area contributed by atoms with Crippen molar-refractivity contribution in [3.8, 4) is 0 Å². The Hall–Kier alpha value is -0.880. The molecule has 0 radical (unpaired) electrons. The number of nitrogens with zero attached hydrogens (tertiary/aromatic N) is 2. The minimum Gasteiger partial charge on any atom is -0.393 e. The van der Waals surface area contributed by atoms with Gasteiger partial charge in [-0.15, -0.1) is 0 Å². The minimum atomic E-state index is -2.85. The van der Waals surface area contributed by atoms with E-state index in [4.69, 9.17) is 0 Å². The first kappa shape index (κ1) is 11.2. The molecule has 0 aromatic carbocycles. The summed E-state index contributed by atoms with van der Waals surface area (Å²) in [6, 6.07) is 0. The molecular formula is C11H16N2O3S. The molecule has 94 valence electrons. The third-order valence-electron chi connectivity index (χ3n) is 3.65. The maximum Gasteiger partial charge on any atom is 0.151 e. The smallest absolute Gasteiger partial charge is 0.151 e. The van der Waals surface area contributed by atoms with Gasteiger partial charge in [-0.05, 0) is 12.8 Å². The number of rotatable bonds is 1. The number of aromatic nitrogens is 2. The highest BCUT2D eigenvalue weighted by molar-refractivity contribution is 7.91. The van der Waals surface area contributed by atoms with Gasteiger partial charge in [0.25, 0.3) is 0 Å². The van der Waals surface area contributed by atoms with Gasteiger partial charge in [0.2, 0.25) is 0 Å². The Morgan fingerprint density at radius 2 is 2.24 bits per heavy atom. The van der Waals surface area contributed by atoms with E-state index in [1.165, 1.54) is 0 Å². The monoisotopic (exact) mass is 256 g/mol. The van der Waals surface area contributed by atoms with Crippen molar-refractivity contribution >= 4 is 9.84 Å². The van der Waals surface area contributed by atoms with Crippen LogP contribution in [0.2, 0.25) is 0 Å². The molecule has 2 atom stereocenters. The number of imidazole rings is 1. The predicted octanol–water partition coefficient (Wildman–Crippen LogP) is 0.0923. The highest BCUT2D eigenvalue weighted by Crippen LogP contribution is 2.29. The lowest BCUT2D eigenvalue weighted by molar-refractivity contribution is 0.141. The molecule has 2 aliphatic rings. The SMILES string of the molecule is O=S1(=O)CCC(c2cn3c(n2)CC(O)CC3)C1. The van der Waals surface area contributed by atoms with Gasteiger partial charge in [0.15, 0.2) is 9.84 Å². The molecule has 1 aromatic heterocycles. The highest BCUT2D eigenvalue weighted by atomic mass is 32.2. The van der Waals surface area contributed by atoms with Crippen molar-refractivity contribution in [2.24, 2.45) is 0 Å². The number of hydrogen-bond acceptors (Lipinski definition) is 4. The lowest BCUT2D eigenvalue weighted by Crippen LogP contribution is -2.22. The molecule has 1 aromatic rings. The Balaban J connectivity index is 1.86. The van der Waals surface area contributed by atoms with Crippen LogP contribution in [-0.2, 0) is 22.8 Å². The van der Waals surface area contributed by atoms with Crippen molar-refractivity contribution in [2.75, 3.05) is 11.5 Å². The van der Waals surface area contributed by atoms with Crippen molar-refractivity contribution in [2.45, 2.75) is 37.8 Å². The molecule has 0 saturated carbocycles. The molecule has 3 rings (SSSR count). The van der Waals surface area contributed by atoms with Crippen LogP contribution in [0.1, 0.15) is 30.3 Å². The van der Waals surface area contributed by atoms with Crippen molar-refractivity contribution in [1.82, 2.24) is 9.55 Å². The first-order valence-corrected chi connectivity index (χ1v) is 7.80. The van der Waals surface area contributed by atoms with Crippen LogP contribution in [-0.4, -0.2) is 40.7 Å². The third kappa shape index (κ3) is 2.11. The fraction of sp³-hybridized carbons (Fsp3) is 0.727. The van der Waals surface area contributed by atoms with Gasteiger partial charge in [-0.2, -0.15) is 0 Å². The Morgan fingerprint density at radius 1 is 1.41 bits per heavy atom. The second-order valence-electron chi connectivity index (χ2n) is 5.02. The van der Waals surface area contributed by atoms with E-state index in [0.29, 0.717) is 12.8 Å². The number of aliphatic hydroxyl groups is 1. The zero-order valence-electron chi connectivity index (χ0n) is 9.54. The number of aliphatic hydroxyl groups excluding tert-OH is 1. The summed E-state index contributed by atoms with van der Waals surface area (Å²) in [6.07, 6.45) is 3.68. The molecule has 17 heavy (non-hydrogen) atoms. The third-order valence-corrected chi connectivity index (χ3v) is 5.42. The maximum absolute atomic E-state index is 11.4. The normalized spacial score (nSPS) is 31.4. The van der Waals surface area contributed by atoms with E-state index in [0.717, 1.165) is 24.5 Å².